The van der Waals surface area contributed by atoms with Gasteiger partial charge < -0.3 is 9.84 Å². The second-order valence-corrected chi connectivity index (χ2v) is 3.78. The second-order valence-electron chi connectivity index (χ2n) is 3.78. The lowest BCUT2D eigenvalue weighted by Gasteiger charge is -2.32. The van der Waals surface area contributed by atoms with E-state index in [1.807, 2.05) is 0 Å². The van der Waals surface area contributed by atoms with Crippen LogP contribution < -0.4 is 4.74 Å². The van der Waals surface area contributed by atoms with E-state index < -0.39 is 35.6 Å². The summed E-state index contributed by atoms with van der Waals surface area (Å²) >= 11 is 0. The summed E-state index contributed by atoms with van der Waals surface area (Å²) in [6.45, 7) is 0. The fourth-order valence-electron chi connectivity index (χ4n) is 1.41. The average Bonchev–Trinajstić information content (AvgIpc) is 2.22. The monoisotopic (exact) mass is 328 g/mol. The molecule has 11 heteroatoms. The topological polar surface area (TPSA) is 29.5 Å². The molecule has 2 nitrogen and oxygen atoms in total. The van der Waals surface area contributed by atoms with E-state index in [4.69, 9.17) is 5.11 Å². The summed E-state index contributed by atoms with van der Waals surface area (Å²) in [6.07, 6.45) is -17.7. The molecule has 1 aromatic rings. The molecule has 1 N–H and O–H groups in total. The Kier molecular flexibility index (Phi) is 4.12. The van der Waals surface area contributed by atoms with Crippen LogP contribution in [-0.2, 0) is 5.60 Å². The standard InChI is InChI=1S/C10H5F9O2/c11-8(12,13)7(20,9(14,15)16)5-2-1-3-6(4-5)21-10(17,18)19/h1-4,20H. The summed E-state index contributed by atoms with van der Waals surface area (Å²) in [7, 11) is 0. The number of ether oxygens (including phenoxy) is 1. The van der Waals surface area contributed by atoms with Crippen molar-refractivity contribution in [3.63, 3.8) is 0 Å². The summed E-state index contributed by atoms with van der Waals surface area (Å²) in [6, 6.07) is 0.946. The number of halogens is 9. The highest BCUT2D eigenvalue weighted by Crippen LogP contribution is 2.50. The first-order valence-corrected chi connectivity index (χ1v) is 4.90. The molecule has 0 saturated heterocycles. The summed E-state index contributed by atoms with van der Waals surface area (Å²) in [5, 5.41) is 8.99. The van der Waals surface area contributed by atoms with Crippen molar-refractivity contribution in [3.05, 3.63) is 29.8 Å². The van der Waals surface area contributed by atoms with E-state index >= 15 is 0 Å². The highest BCUT2D eigenvalue weighted by Gasteiger charge is 2.71. The third kappa shape index (κ3) is 3.52. The molecule has 0 aliphatic heterocycles. The zero-order valence-corrected chi connectivity index (χ0v) is 9.57. The predicted molar refractivity (Wildman–Crippen MR) is 49.1 cm³/mol. The third-order valence-electron chi connectivity index (χ3n) is 2.31. The van der Waals surface area contributed by atoms with Gasteiger partial charge in [0.1, 0.15) is 5.75 Å². The van der Waals surface area contributed by atoms with Gasteiger partial charge in [-0.05, 0) is 12.1 Å². The minimum atomic E-state index is -6.19. The van der Waals surface area contributed by atoms with Crippen LogP contribution in [0.25, 0.3) is 0 Å². The Balaban J connectivity index is 3.39. The maximum Gasteiger partial charge on any atom is 0.573 e. The molecule has 0 spiro atoms. The molecule has 0 aromatic heterocycles. The van der Waals surface area contributed by atoms with E-state index in [2.05, 4.69) is 4.74 Å². The summed E-state index contributed by atoms with van der Waals surface area (Å²) in [4.78, 5) is 0. The Labute approximate surface area is 110 Å². The van der Waals surface area contributed by atoms with Gasteiger partial charge >= 0.3 is 18.7 Å². The van der Waals surface area contributed by atoms with Crippen LogP contribution in [-0.4, -0.2) is 23.8 Å². The van der Waals surface area contributed by atoms with Gasteiger partial charge in [0.2, 0.25) is 0 Å². The molecule has 0 aliphatic rings. The lowest BCUT2D eigenvalue weighted by atomic mass is 9.92. The second kappa shape index (κ2) is 4.97. The minimum Gasteiger partial charge on any atom is -0.406 e. The Morgan fingerprint density at radius 1 is 0.810 bits per heavy atom. The van der Waals surface area contributed by atoms with Crippen LogP contribution in [0.4, 0.5) is 39.5 Å². The molecule has 1 aromatic carbocycles. The predicted octanol–water partition coefficient (Wildman–Crippen LogP) is 3.90. The lowest BCUT2D eigenvalue weighted by molar-refractivity contribution is -0.376. The fraction of sp³-hybridized carbons (Fsp3) is 0.400. The number of aliphatic hydroxyl groups is 1. The van der Waals surface area contributed by atoms with Gasteiger partial charge in [0.05, 0.1) is 0 Å². The number of hydrogen-bond donors (Lipinski definition) is 1. The van der Waals surface area contributed by atoms with Crippen molar-refractivity contribution in [2.24, 2.45) is 0 Å². The molecule has 0 amide bonds. The van der Waals surface area contributed by atoms with Crippen molar-refractivity contribution in [2.45, 2.75) is 24.3 Å². The van der Waals surface area contributed by atoms with Crippen LogP contribution in [0.3, 0.4) is 0 Å². The smallest absolute Gasteiger partial charge is 0.406 e. The summed E-state index contributed by atoms with van der Waals surface area (Å²) < 4.78 is 114. The van der Waals surface area contributed by atoms with E-state index in [0.29, 0.717) is 12.1 Å². The number of alkyl halides is 9. The normalized spacial score (nSPS) is 14.2. The SMILES string of the molecule is OC(c1cccc(OC(F)(F)F)c1)(C(F)(F)F)C(F)(F)F. The van der Waals surface area contributed by atoms with Gasteiger partial charge in [-0.15, -0.1) is 13.2 Å². The Morgan fingerprint density at radius 2 is 1.29 bits per heavy atom. The molecular weight excluding hydrogens is 323 g/mol. The molecule has 21 heavy (non-hydrogen) atoms. The number of hydrogen-bond acceptors (Lipinski definition) is 2. The maximum absolute atomic E-state index is 12.5. The number of benzene rings is 1. The average molecular weight is 328 g/mol. The molecule has 0 unspecified atom stereocenters. The molecule has 0 saturated carbocycles. The van der Waals surface area contributed by atoms with Gasteiger partial charge in [-0.25, -0.2) is 0 Å². The van der Waals surface area contributed by atoms with E-state index in [1.54, 1.807) is 0 Å². The van der Waals surface area contributed by atoms with Crippen LogP contribution in [0.5, 0.6) is 5.75 Å². The van der Waals surface area contributed by atoms with Crippen molar-refractivity contribution in [1.82, 2.24) is 0 Å². The van der Waals surface area contributed by atoms with E-state index in [0.717, 1.165) is 0 Å². The molecule has 1 rings (SSSR count). The Morgan fingerprint density at radius 3 is 1.67 bits per heavy atom. The zero-order valence-electron chi connectivity index (χ0n) is 9.57. The highest BCUT2D eigenvalue weighted by atomic mass is 19.4. The Hall–Kier alpha value is -1.65. The van der Waals surface area contributed by atoms with Crippen molar-refractivity contribution < 1.29 is 49.4 Å². The van der Waals surface area contributed by atoms with Crippen LogP contribution in [0.15, 0.2) is 24.3 Å². The van der Waals surface area contributed by atoms with Crippen molar-refractivity contribution in [3.8, 4) is 5.75 Å². The molecule has 0 fully saturated rings. The third-order valence-corrected chi connectivity index (χ3v) is 2.31. The quantitative estimate of drug-likeness (QED) is 0.835. The highest BCUT2D eigenvalue weighted by molar-refractivity contribution is 5.34. The Bertz CT molecular complexity index is 486. The van der Waals surface area contributed by atoms with Gasteiger partial charge in [-0.2, -0.15) is 26.3 Å². The van der Waals surface area contributed by atoms with Crippen LogP contribution in [0.1, 0.15) is 5.56 Å². The summed E-state index contributed by atoms with van der Waals surface area (Å²) in [5.41, 5.74) is -7.16. The molecule has 0 bridgehead atoms. The zero-order chi connectivity index (χ0) is 16.7. The maximum atomic E-state index is 12.5. The van der Waals surface area contributed by atoms with Crippen molar-refractivity contribution >= 4 is 0 Å². The first-order valence-electron chi connectivity index (χ1n) is 4.90. The van der Waals surface area contributed by atoms with Crippen molar-refractivity contribution in [2.75, 3.05) is 0 Å². The molecule has 0 radical (unpaired) electrons. The van der Waals surface area contributed by atoms with Gasteiger partial charge in [-0.3, -0.25) is 0 Å². The minimum absolute atomic E-state index is 0.185. The summed E-state index contributed by atoms with van der Waals surface area (Å²) in [5.74, 6) is -1.33. The van der Waals surface area contributed by atoms with E-state index in [1.165, 1.54) is 0 Å². The van der Waals surface area contributed by atoms with Gasteiger partial charge in [-0.1, -0.05) is 12.1 Å². The number of rotatable bonds is 2. The van der Waals surface area contributed by atoms with Gasteiger partial charge in [0.25, 0.3) is 5.60 Å². The van der Waals surface area contributed by atoms with Crippen molar-refractivity contribution in [1.29, 1.82) is 0 Å². The largest absolute Gasteiger partial charge is 0.573 e. The van der Waals surface area contributed by atoms with E-state index in [-0.39, 0.29) is 12.1 Å². The van der Waals surface area contributed by atoms with Crippen LogP contribution in [0, 0.1) is 0 Å². The molecule has 120 valence electrons. The van der Waals surface area contributed by atoms with Gasteiger partial charge in [0.15, 0.2) is 0 Å². The van der Waals surface area contributed by atoms with Gasteiger partial charge in [0, 0.05) is 5.56 Å². The molecule has 0 aliphatic carbocycles. The van der Waals surface area contributed by atoms with Crippen LogP contribution in [0.2, 0.25) is 0 Å². The first-order chi connectivity index (χ1) is 9.18. The molecule has 0 atom stereocenters. The molecular formula is C10H5F9O2. The van der Waals surface area contributed by atoms with E-state index in [9.17, 15) is 39.5 Å². The first kappa shape index (κ1) is 17.4. The fourth-order valence-corrected chi connectivity index (χ4v) is 1.41. The molecule has 0 heterocycles. The van der Waals surface area contributed by atoms with Crippen LogP contribution >= 0.6 is 0 Å². The lowest BCUT2D eigenvalue weighted by Crippen LogP contribution is -2.53.